The van der Waals surface area contributed by atoms with Crippen LogP contribution in [0.15, 0.2) is 24.3 Å². The minimum Gasteiger partial charge on any atom is -0.299 e. The molecule has 0 bridgehead atoms. The van der Waals surface area contributed by atoms with Gasteiger partial charge >= 0.3 is 0 Å². The average molecular weight is 397 g/mol. The Morgan fingerprint density at radius 1 is 0.966 bits per heavy atom. The quantitative estimate of drug-likeness (QED) is 0.450. The van der Waals surface area contributed by atoms with Crippen molar-refractivity contribution in [3.63, 3.8) is 0 Å². The van der Waals surface area contributed by atoms with Crippen LogP contribution in [0, 0.1) is 58.2 Å². The lowest BCUT2D eigenvalue weighted by molar-refractivity contribution is -0.149. The molecule has 2 unspecified atom stereocenters. The fraction of sp³-hybridized carbons (Fsp3) is 0.821. The summed E-state index contributed by atoms with van der Waals surface area (Å²) >= 11 is 0. The predicted molar refractivity (Wildman–Crippen MR) is 122 cm³/mol. The molecule has 3 saturated carbocycles. The van der Waals surface area contributed by atoms with Crippen molar-refractivity contribution in [3.8, 4) is 0 Å². The number of hydrogen-bond donors (Lipinski definition) is 0. The highest BCUT2D eigenvalue weighted by atomic mass is 16.1. The summed E-state index contributed by atoms with van der Waals surface area (Å²) in [6.07, 6.45) is 18.1. The van der Waals surface area contributed by atoms with E-state index >= 15 is 0 Å². The van der Waals surface area contributed by atoms with Crippen LogP contribution in [0.5, 0.6) is 0 Å². The molecule has 1 heteroatoms. The first kappa shape index (κ1) is 21.4. The Hall–Kier alpha value is -0.850. The molecule has 1 nitrogen and oxygen atoms in total. The van der Waals surface area contributed by atoms with Gasteiger partial charge in [-0.25, -0.2) is 0 Å². The normalized spacial score (nSPS) is 46.4. The smallest absolute Gasteiger partial charge is 0.137 e. The van der Waals surface area contributed by atoms with Crippen LogP contribution in [0.3, 0.4) is 0 Å². The van der Waals surface area contributed by atoms with Crippen molar-refractivity contribution in [2.75, 3.05) is 0 Å². The van der Waals surface area contributed by atoms with E-state index in [1.165, 1.54) is 25.7 Å². The maximum Gasteiger partial charge on any atom is 0.137 e. The Kier molecular flexibility index (Phi) is 5.67. The summed E-state index contributed by atoms with van der Waals surface area (Å²) in [6.45, 7) is 14.5. The molecule has 4 aliphatic rings. The summed E-state index contributed by atoms with van der Waals surface area (Å²) in [5, 5.41) is 0. The fourth-order valence-electron chi connectivity index (χ4n) is 8.27. The minimum atomic E-state index is 0.229. The van der Waals surface area contributed by atoms with Crippen LogP contribution in [0.4, 0.5) is 0 Å². The molecule has 0 aromatic carbocycles. The molecule has 0 saturated heterocycles. The predicted octanol–water partition coefficient (Wildman–Crippen LogP) is 7.47. The van der Waals surface area contributed by atoms with Gasteiger partial charge in [0.15, 0.2) is 0 Å². The van der Waals surface area contributed by atoms with E-state index in [0.717, 1.165) is 37.0 Å². The van der Waals surface area contributed by atoms with Gasteiger partial charge < -0.3 is 0 Å². The van der Waals surface area contributed by atoms with E-state index in [1.807, 2.05) is 0 Å². The highest BCUT2D eigenvalue weighted by molar-refractivity contribution is 5.83. The SMILES string of the molecule is CC(C)C(C)C=C[C@@H](C)[C@H]1CC[C@H]2[C@@H]3CC(=O)C4CC=CC[C@]4(C)[C@H]3CC[C@]12C. The summed E-state index contributed by atoms with van der Waals surface area (Å²) in [4.78, 5) is 13.2. The maximum absolute atomic E-state index is 13.2. The Labute approximate surface area is 179 Å². The van der Waals surface area contributed by atoms with Crippen molar-refractivity contribution in [3.05, 3.63) is 24.3 Å². The third kappa shape index (κ3) is 3.39. The van der Waals surface area contributed by atoms with Crippen LogP contribution in [0.2, 0.25) is 0 Å². The topological polar surface area (TPSA) is 17.1 Å². The Morgan fingerprint density at radius 3 is 2.41 bits per heavy atom. The summed E-state index contributed by atoms with van der Waals surface area (Å²) in [7, 11) is 0. The van der Waals surface area contributed by atoms with Crippen LogP contribution in [-0.4, -0.2) is 5.78 Å². The number of rotatable bonds is 4. The Morgan fingerprint density at radius 2 is 1.69 bits per heavy atom. The zero-order valence-electron chi connectivity index (χ0n) is 19.8. The van der Waals surface area contributed by atoms with Gasteiger partial charge in [0.1, 0.15) is 5.78 Å². The molecule has 0 spiro atoms. The van der Waals surface area contributed by atoms with Crippen LogP contribution in [-0.2, 0) is 4.79 Å². The van der Waals surface area contributed by atoms with Crippen molar-refractivity contribution in [1.29, 1.82) is 0 Å². The lowest BCUT2D eigenvalue weighted by Gasteiger charge is -2.59. The third-order valence-electron chi connectivity index (χ3n) is 10.5. The number of hydrogen-bond acceptors (Lipinski definition) is 1. The average Bonchev–Trinajstić information content (AvgIpc) is 3.03. The van der Waals surface area contributed by atoms with Crippen molar-refractivity contribution >= 4 is 5.78 Å². The van der Waals surface area contributed by atoms with Crippen molar-refractivity contribution < 1.29 is 4.79 Å². The molecule has 3 fully saturated rings. The van der Waals surface area contributed by atoms with Gasteiger partial charge in [0, 0.05) is 12.3 Å². The van der Waals surface area contributed by atoms with Gasteiger partial charge in [-0.15, -0.1) is 0 Å². The van der Waals surface area contributed by atoms with E-state index < -0.39 is 0 Å². The van der Waals surface area contributed by atoms with Gasteiger partial charge in [-0.1, -0.05) is 65.8 Å². The highest BCUT2D eigenvalue weighted by Gasteiger charge is 2.61. The number of carbonyl (C=O) groups is 1. The second kappa shape index (κ2) is 7.69. The molecular weight excluding hydrogens is 352 g/mol. The van der Waals surface area contributed by atoms with E-state index in [2.05, 4.69) is 65.8 Å². The summed E-state index contributed by atoms with van der Waals surface area (Å²) in [5.41, 5.74) is 0.659. The number of allylic oxidation sites excluding steroid dienone is 4. The zero-order chi connectivity index (χ0) is 21.0. The molecule has 29 heavy (non-hydrogen) atoms. The molecule has 0 aliphatic heterocycles. The molecule has 0 heterocycles. The first-order valence-corrected chi connectivity index (χ1v) is 12.5. The molecule has 9 atom stereocenters. The van der Waals surface area contributed by atoms with E-state index in [-0.39, 0.29) is 5.41 Å². The molecule has 0 amide bonds. The molecule has 0 aromatic heterocycles. The van der Waals surface area contributed by atoms with Crippen LogP contribution in [0.25, 0.3) is 0 Å². The lowest BCUT2D eigenvalue weighted by atomic mass is 9.45. The summed E-state index contributed by atoms with van der Waals surface area (Å²) < 4.78 is 0. The Balaban J connectivity index is 1.55. The van der Waals surface area contributed by atoms with E-state index in [4.69, 9.17) is 0 Å². The van der Waals surface area contributed by atoms with E-state index in [9.17, 15) is 4.79 Å². The van der Waals surface area contributed by atoms with Crippen LogP contribution in [0.1, 0.15) is 86.5 Å². The standard InChI is InChI=1S/C28H44O/c1-18(2)19(3)10-11-20(4)22-12-13-23-21-17-26(29)25-9-7-8-15-27(25,5)24(21)14-16-28(22,23)6/h7-8,10-11,18-25H,9,12-17H2,1-6H3/t19?,20-,21+,22-,23+,24+,25?,27-,28-/m1/s1. The summed E-state index contributed by atoms with van der Waals surface area (Å²) in [6, 6.07) is 0. The lowest BCUT2D eigenvalue weighted by Crippen LogP contribution is -2.55. The molecular formula is C28H44O. The molecule has 162 valence electrons. The van der Waals surface area contributed by atoms with Gasteiger partial charge in [-0.3, -0.25) is 4.79 Å². The maximum atomic E-state index is 13.2. The molecule has 4 aliphatic carbocycles. The van der Waals surface area contributed by atoms with E-state index in [1.54, 1.807) is 0 Å². The van der Waals surface area contributed by atoms with Crippen molar-refractivity contribution in [2.24, 2.45) is 58.2 Å². The zero-order valence-corrected chi connectivity index (χ0v) is 19.8. The van der Waals surface area contributed by atoms with E-state index in [0.29, 0.717) is 40.8 Å². The first-order valence-electron chi connectivity index (χ1n) is 12.5. The second-order valence-electron chi connectivity index (χ2n) is 12.1. The highest BCUT2D eigenvalue weighted by Crippen LogP contribution is 2.67. The molecule has 0 N–H and O–H groups in total. The third-order valence-corrected chi connectivity index (χ3v) is 10.5. The van der Waals surface area contributed by atoms with Crippen LogP contribution >= 0.6 is 0 Å². The van der Waals surface area contributed by atoms with Crippen molar-refractivity contribution in [1.82, 2.24) is 0 Å². The van der Waals surface area contributed by atoms with Crippen molar-refractivity contribution in [2.45, 2.75) is 86.5 Å². The molecule has 4 rings (SSSR count). The minimum absolute atomic E-state index is 0.229. The number of carbonyl (C=O) groups excluding carboxylic acids is 1. The number of fused-ring (bicyclic) bond motifs is 5. The monoisotopic (exact) mass is 396 g/mol. The largest absolute Gasteiger partial charge is 0.299 e. The number of Topliss-reactive ketones (excluding diaryl/α,β-unsaturated/α-hetero) is 1. The van der Waals surface area contributed by atoms with Gasteiger partial charge in [-0.2, -0.15) is 0 Å². The summed E-state index contributed by atoms with van der Waals surface area (Å²) in [5.74, 6) is 5.87. The molecule has 0 aromatic rings. The van der Waals surface area contributed by atoms with Gasteiger partial charge in [0.25, 0.3) is 0 Å². The first-order chi connectivity index (χ1) is 13.7. The van der Waals surface area contributed by atoms with Crippen LogP contribution < -0.4 is 0 Å². The Bertz CT molecular complexity index is 686. The van der Waals surface area contributed by atoms with Gasteiger partial charge in [0.2, 0.25) is 0 Å². The second-order valence-corrected chi connectivity index (χ2v) is 12.1. The molecule has 0 radical (unpaired) electrons. The van der Waals surface area contributed by atoms with Gasteiger partial charge in [-0.05, 0) is 90.8 Å². The number of ketones is 1. The van der Waals surface area contributed by atoms with Gasteiger partial charge in [0.05, 0.1) is 0 Å². The fourth-order valence-corrected chi connectivity index (χ4v) is 8.27.